The second-order valence-corrected chi connectivity index (χ2v) is 6.36. The molecule has 4 rings (SSSR count). The van der Waals surface area contributed by atoms with Crippen LogP contribution in [0.3, 0.4) is 0 Å². The molecule has 25 heavy (non-hydrogen) atoms. The smallest absolute Gasteiger partial charge is 0.136 e. The Morgan fingerprint density at radius 3 is 2.88 bits per heavy atom. The van der Waals surface area contributed by atoms with E-state index in [2.05, 4.69) is 53.1 Å². The van der Waals surface area contributed by atoms with Crippen LogP contribution in [0.5, 0.6) is 0 Å². The van der Waals surface area contributed by atoms with Gasteiger partial charge in [-0.3, -0.25) is 4.99 Å². The van der Waals surface area contributed by atoms with Gasteiger partial charge in [0.25, 0.3) is 0 Å². The number of aromatic nitrogens is 2. The van der Waals surface area contributed by atoms with E-state index < -0.39 is 0 Å². The first-order chi connectivity index (χ1) is 12.3. The van der Waals surface area contributed by atoms with Crippen molar-refractivity contribution in [3.8, 4) is 0 Å². The molecule has 0 radical (unpaired) electrons. The van der Waals surface area contributed by atoms with Gasteiger partial charge in [0.05, 0.1) is 5.70 Å². The molecule has 0 saturated heterocycles. The Balaban J connectivity index is 1.88. The van der Waals surface area contributed by atoms with E-state index in [1.54, 1.807) is 6.20 Å². The Morgan fingerprint density at radius 2 is 2.12 bits per heavy atom. The van der Waals surface area contributed by atoms with Crippen LogP contribution in [-0.4, -0.2) is 15.6 Å². The monoisotopic (exact) mass is 327 g/mol. The summed E-state index contributed by atoms with van der Waals surface area (Å²) in [5.74, 6) is 0.723. The molecule has 3 aromatic rings. The van der Waals surface area contributed by atoms with Crippen LogP contribution in [0.15, 0.2) is 72.6 Å². The number of pyridine rings is 1. The number of allylic oxidation sites excluding steroid dienone is 2. The predicted molar refractivity (Wildman–Crippen MR) is 105 cm³/mol. The van der Waals surface area contributed by atoms with Gasteiger partial charge in [-0.15, -0.1) is 0 Å². The zero-order chi connectivity index (χ0) is 17.2. The highest BCUT2D eigenvalue weighted by atomic mass is 15.0. The minimum absolute atomic E-state index is 0.723. The molecule has 1 aliphatic carbocycles. The Morgan fingerprint density at radius 1 is 1.24 bits per heavy atom. The molecule has 0 atom stereocenters. The van der Waals surface area contributed by atoms with E-state index in [1.807, 2.05) is 35.9 Å². The van der Waals surface area contributed by atoms with E-state index in [0.717, 1.165) is 34.0 Å². The van der Waals surface area contributed by atoms with Crippen molar-refractivity contribution in [2.45, 2.75) is 25.7 Å². The maximum absolute atomic E-state index is 4.69. The van der Waals surface area contributed by atoms with Gasteiger partial charge in [0, 0.05) is 41.5 Å². The van der Waals surface area contributed by atoms with Crippen LogP contribution in [0.4, 0.5) is 0 Å². The van der Waals surface area contributed by atoms with Crippen molar-refractivity contribution in [1.29, 1.82) is 0 Å². The first-order valence-electron chi connectivity index (χ1n) is 8.69. The summed E-state index contributed by atoms with van der Waals surface area (Å²) in [4.78, 5) is 9.00. The number of hydrogen-bond donors (Lipinski definition) is 0. The fourth-order valence-corrected chi connectivity index (χ4v) is 3.22. The van der Waals surface area contributed by atoms with Gasteiger partial charge in [-0.05, 0) is 49.4 Å². The third kappa shape index (κ3) is 3.05. The van der Waals surface area contributed by atoms with E-state index in [-0.39, 0.29) is 0 Å². The summed E-state index contributed by atoms with van der Waals surface area (Å²) in [6.45, 7) is 6.00. The molecular formula is C22H21N3. The normalized spacial score (nSPS) is 15.6. The fraction of sp³-hybridized carbons (Fsp3) is 0.182. The Kier molecular flexibility index (Phi) is 4.06. The fourth-order valence-electron chi connectivity index (χ4n) is 3.22. The maximum atomic E-state index is 4.69. The van der Waals surface area contributed by atoms with Crippen LogP contribution in [-0.2, 0) is 0 Å². The molecule has 1 aromatic carbocycles. The molecule has 124 valence electrons. The zero-order valence-corrected chi connectivity index (χ0v) is 14.4. The number of imidazole rings is 1. The highest BCUT2D eigenvalue weighted by molar-refractivity contribution is 5.96. The summed E-state index contributed by atoms with van der Waals surface area (Å²) in [6, 6.07) is 12.9. The van der Waals surface area contributed by atoms with E-state index in [4.69, 9.17) is 0 Å². The van der Waals surface area contributed by atoms with E-state index in [1.165, 1.54) is 18.4 Å². The highest BCUT2D eigenvalue weighted by Gasteiger charge is 2.23. The molecule has 3 nitrogen and oxygen atoms in total. The van der Waals surface area contributed by atoms with Crippen molar-refractivity contribution in [3.05, 3.63) is 84.3 Å². The largest absolute Gasteiger partial charge is 0.306 e. The molecule has 0 unspecified atom stereocenters. The van der Waals surface area contributed by atoms with Crippen molar-refractivity contribution in [1.82, 2.24) is 9.38 Å². The molecule has 2 aromatic heterocycles. The number of nitrogens with zero attached hydrogens (tertiary/aromatic N) is 3. The molecule has 0 aliphatic heterocycles. The number of aliphatic imine (C=N–C) groups is 1. The third-order valence-electron chi connectivity index (χ3n) is 4.63. The lowest BCUT2D eigenvalue weighted by Crippen LogP contribution is -1.93. The van der Waals surface area contributed by atoms with E-state index in [0.29, 0.717) is 0 Å². The summed E-state index contributed by atoms with van der Waals surface area (Å²) < 4.78 is 2.02. The average molecular weight is 327 g/mol. The van der Waals surface area contributed by atoms with Gasteiger partial charge >= 0.3 is 0 Å². The second kappa shape index (κ2) is 6.52. The van der Waals surface area contributed by atoms with Crippen molar-refractivity contribution in [2.75, 3.05) is 0 Å². The van der Waals surface area contributed by atoms with Crippen LogP contribution < -0.4 is 0 Å². The summed E-state index contributed by atoms with van der Waals surface area (Å²) in [7, 11) is 0. The predicted octanol–water partition coefficient (Wildman–Crippen LogP) is 5.36. The molecule has 1 saturated carbocycles. The van der Waals surface area contributed by atoms with Gasteiger partial charge in [-0.2, -0.15) is 0 Å². The first kappa shape index (κ1) is 15.6. The number of fused-ring (bicyclic) bond motifs is 1. The molecule has 0 amide bonds. The molecule has 0 N–H and O–H groups in total. The number of hydrogen-bond acceptors (Lipinski definition) is 2. The van der Waals surface area contributed by atoms with Crippen molar-refractivity contribution >= 4 is 23.1 Å². The molecule has 2 heterocycles. The van der Waals surface area contributed by atoms with Gasteiger partial charge in [0.2, 0.25) is 0 Å². The number of benzene rings is 1. The Bertz CT molecular complexity index is 987. The molecule has 1 aliphatic rings. The van der Waals surface area contributed by atoms with Crippen LogP contribution in [0.25, 0.3) is 16.9 Å². The summed E-state index contributed by atoms with van der Waals surface area (Å²) in [6.07, 6.45) is 12.2. The van der Waals surface area contributed by atoms with Crippen LogP contribution in [0.1, 0.15) is 42.4 Å². The topological polar surface area (TPSA) is 29.7 Å². The molecular weight excluding hydrogens is 306 g/mol. The molecule has 1 fully saturated rings. The minimum Gasteiger partial charge on any atom is -0.306 e. The summed E-state index contributed by atoms with van der Waals surface area (Å²) >= 11 is 0. The SMILES string of the molecule is C=C/C(=C(\N=CC)c1cccc(C2CC2)c1)c1ccc2nccn2c1. The summed E-state index contributed by atoms with van der Waals surface area (Å²) in [5, 5.41) is 0. The molecule has 0 spiro atoms. The van der Waals surface area contributed by atoms with Gasteiger partial charge in [0.1, 0.15) is 5.65 Å². The lowest BCUT2D eigenvalue weighted by Gasteiger charge is -2.11. The lowest BCUT2D eigenvalue weighted by atomic mass is 9.98. The van der Waals surface area contributed by atoms with Gasteiger partial charge in [-0.25, -0.2) is 4.98 Å². The quantitative estimate of drug-likeness (QED) is 0.458. The highest BCUT2D eigenvalue weighted by Crippen LogP contribution is 2.41. The van der Waals surface area contributed by atoms with E-state index >= 15 is 0 Å². The standard InChI is InChI=1S/C22H21N3/c1-3-20(19-10-11-21-24-12-13-25(21)15-19)22(23-4-2)18-7-5-6-17(14-18)16-8-9-16/h3-7,10-16H,1,8-9H2,2H3/b22-20+,23-4?. The number of rotatable bonds is 5. The third-order valence-corrected chi connectivity index (χ3v) is 4.63. The first-order valence-corrected chi connectivity index (χ1v) is 8.69. The van der Waals surface area contributed by atoms with Crippen LogP contribution in [0, 0.1) is 0 Å². The van der Waals surface area contributed by atoms with Crippen molar-refractivity contribution in [2.24, 2.45) is 4.99 Å². The molecule has 3 heteroatoms. The van der Waals surface area contributed by atoms with Crippen LogP contribution >= 0.6 is 0 Å². The minimum atomic E-state index is 0.723. The van der Waals surface area contributed by atoms with Gasteiger partial charge in [0.15, 0.2) is 0 Å². The molecule has 0 bridgehead atoms. The zero-order valence-electron chi connectivity index (χ0n) is 14.4. The van der Waals surface area contributed by atoms with E-state index in [9.17, 15) is 0 Å². The summed E-state index contributed by atoms with van der Waals surface area (Å²) in [5.41, 5.74) is 6.56. The average Bonchev–Trinajstić information content (AvgIpc) is 3.39. The van der Waals surface area contributed by atoms with Crippen molar-refractivity contribution < 1.29 is 0 Å². The Labute approximate surface area is 148 Å². The van der Waals surface area contributed by atoms with Gasteiger partial charge in [-0.1, -0.05) is 30.9 Å². The van der Waals surface area contributed by atoms with Crippen molar-refractivity contribution in [3.63, 3.8) is 0 Å². The van der Waals surface area contributed by atoms with Gasteiger partial charge < -0.3 is 4.40 Å². The second-order valence-electron chi connectivity index (χ2n) is 6.36. The van der Waals surface area contributed by atoms with Crippen LogP contribution in [0.2, 0.25) is 0 Å². The lowest BCUT2D eigenvalue weighted by molar-refractivity contribution is 1.13. The Hall–Kier alpha value is -2.94. The maximum Gasteiger partial charge on any atom is 0.136 e.